The first-order valence-corrected chi connectivity index (χ1v) is 7.32. The van der Waals surface area contributed by atoms with Crippen LogP contribution in [0.15, 0.2) is 23.7 Å². The zero-order chi connectivity index (χ0) is 16.7. The molecule has 3 rings (SSSR count). The van der Waals surface area contributed by atoms with E-state index in [1.807, 2.05) is 0 Å². The Kier molecular flexibility index (Phi) is 4.14. The van der Waals surface area contributed by atoms with Crippen LogP contribution in [0.3, 0.4) is 0 Å². The molecule has 1 saturated heterocycles. The van der Waals surface area contributed by atoms with Crippen molar-refractivity contribution in [3.8, 4) is 0 Å². The van der Waals surface area contributed by atoms with Gasteiger partial charge in [0.15, 0.2) is 23.6 Å². The number of alkyl halides is 3. The number of rotatable bonds is 4. The summed E-state index contributed by atoms with van der Waals surface area (Å²) >= 11 is 0. The summed E-state index contributed by atoms with van der Waals surface area (Å²) in [5, 5.41) is 0. The van der Waals surface area contributed by atoms with Crippen LogP contribution in [0.1, 0.15) is 19.3 Å². The SMILES string of the molecule is COC(OCC(F)(F)F)[C@H]1CCC[C@@]12C=C1OCOC1=CC2=O. The first kappa shape index (κ1) is 16.3. The molecule has 1 spiro atoms. The maximum absolute atomic E-state index is 12.6. The minimum atomic E-state index is -4.45. The summed E-state index contributed by atoms with van der Waals surface area (Å²) in [6.45, 7) is -1.38. The molecule has 0 aromatic carbocycles. The Morgan fingerprint density at radius 1 is 1.39 bits per heavy atom. The van der Waals surface area contributed by atoms with E-state index in [9.17, 15) is 18.0 Å². The fourth-order valence-electron chi connectivity index (χ4n) is 3.53. The fourth-order valence-corrected chi connectivity index (χ4v) is 3.53. The normalized spacial score (nSPS) is 31.3. The molecule has 3 atom stereocenters. The van der Waals surface area contributed by atoms with Crippen molar-refractivity contribution in [1.82, 2.24) is 0 Å². The van der Waals surface area contributed by atoms with Crippen molar-refractivity contribution in [3.63, 3.8) is 0 Å². The molecule has 8 heteroatoms. The molecule has 0 bridgehead atoms. The van der Waals surface area contributed by atoms with Crippen LogP contribution in [-0.2, 0) is 23.7 Å². The molecule has 2 fully saturated rings. The topological polar surface area (TPSA) is 54.0 Å². The Morgan fingerprint density at radius 3 is 2.83 bits per heavy atom. The van der Waals surface area contributed by atoms with Gasteiger partial charge in [0, 0.05) is 19.1 Å². The van der Waals surface area contributed by atoms with Crippen LogP contribution in [0.5, 0.6) is 0 Å². The summed E-state index contributed by atoms with van der Waals surface area (Å²) in [6, 6.07) is 0. The van der Waals surface area contributed by atoms with Crippen LogP contribution in [-0.4, -0.2) is 38.8 Å². The Balaban J connectivity index is 1.84. The van der Waals surface area contributed by atoms with Gasteiger partial charge in [-0.1, -0.05) is 6.42 Å². The van der Waals surface area contributed by atoms with Gasteiger partial charge in [-0.2, -0.15) is 13.2 Å². The minimum absolute atomic E-state index is 0.0317. The summed E-state index contributed by atoms with van der Waals surface area (Å²) in [7, 11) is 1.28. The zero-order valence-electron chi connectivity index (χ0n) is 12.5. The first-order chi connectivity index (χ1) is 10.9. The smallest absolute Gasteiger partial charge is 0.411 e. The molecular weight excluding hydrogens is 317 g/mol. The maximum atomic E-state index is 12.6. The van der Waals surface area contributed by atoms with Crippen LogP contribution >= 0.6 is 0 Å². The van der Waals surface area contributed by atoms with Gasteiger partial charge in [0.05, 0.1) is 5.41 Å². The predicted molar refractivity (Wildman–Crippen MR) is 70.8 cm³/mol. The van der Waals surface area contributed by atoms with Crippen molar-refractivity contribution >= 4 is 5.78 Å². The van der Waals surface area contributed by atoms with E-state index in [2.05, 4.69) is 0 Å². The van der Waals surface area contributed by atoms with Crippen molar-refractivity contribution in [2.75, 3.05) is 20.5 Å². The summed E-state index contributed by atoms with van der Waals surface area (Å²) in [6.07, 6.45) is -0.794. The maximum Gasteiger partial charge on any atom is 0.411 e. The lowest BCUT2D eigenvalue weighted by Gasteiger charge is -2.36. The number of halogens is 3. The lowest BCUT2D eigenvalue weighted by molar-refractivity contribution is -0.241. The summed E-state index contributed by atoms with van der Waals surface area (Å²) in [5.41, 5.74) is -0.960. The lowest BCUT2D eigenvalue weighted by atomic mass is 9.71. The molecule has 0 amide bonds. The van der Waals surface area contributed by atoms with Crippen molar-refractivity contribution in [1.29, 1.82) is 0 Å². The van der Waals surface area contributed by atoms with Gasteiger partial charge in [0.2, 0.25) is 6.79 Å². The van der Waals surface area contributed by atoms with E-state index in [1.54, 1.807) is 6.08 Å². The largest absolute Gasteiger partial charge is 0.454 e. The Morgan fingerprint density at radius 2 is 2.13 bits per heavy atom. The number of ketones is 1. The average Bonchev–Trinajstić information content (AvgIpc) is 3.08. The standard InChI is InChI=1S/C15H17F3O5/c1-20-13(21-7-15(16,17)18)9-3-2-4-14(9)6-11-10(5-12(14)19)22-8-23-11/h5-6,9,13H,2-4,7-8H2,1H3/t9-,13?,14-/m1/s1. The number of allylic oxidation sites excluding steroid dienone is 2. The van der Waals surface area contributed by atoms with Gasteiger partial charge in [0.1, 0.15) is 6.61 Å². The van der Waals surface area contributed by atoms with E-state index >= 15 is 0 Å². The molecule has 0 aromatic rings. The van der Waals surface area contributed by atoms with E-state index in [-0.39, 0.29) is 12.6 Å². The monoisotopic (exact) mass is 334 g/mol. The third-order valence-electron chi connectivity index (χ3n) is 4.52. The third-order valence-corrected chi connectivity index (χ3v) is 4.52. The number of carbonyl (C=O) groups excluding carboxylic acids is 1. The van der Waals surface area contributed by atoms with Crippen LogP contribution < -0.4 is 0 Å². The fraction of sp³-hybridized carbons (Fsp3) is 0.667. The van der Waals surface area contributed by atoms with E-state index in [0.29, 0.717) is 30.8 Å². The van der Waals surface area contributed by atoms with Crippen molar-refractivity contribution < 1.29 is 36.9 Å². The van der Waals surface area contributed by atoms with Gasteiger partial charge < -0.3 is 18.9 Å². The molecule has 1 heterocycles. The predicted octanol–water partition coefficient (Wildman–Crippen LogP) is 2.68. The molecule has 1 saturated carbocycles. The van der Waals surface area contributed by atoms with Crippen LogP contribution in [0.25, 0.3) is 0 Å². The number of methoxy groups -OCH3 is 1. The van der Waals surface area contributed by atoms with Gasteiger partial charge in [-0.05, 0) is 18.9 Å². The summed E-state index contributed by atoms with van der Waals surface area (Å²) in [4.78, 5) is 12.6. The third kappa shape index (κ3) is 2.97. The first-order valence-electron chi connectivity index (χ1n) is 7.32. The molecule has 128 valence electrons. The molecule has 0 N–H and O–H groups in total. The van der Waals surface area contributed by atoms with Gasteiger partial charge in [-0.15, -0.1) is 0 Å². The van der Waals surface area contributed by atoms with Gasteiger partial charge in [-0.25, -0.2) is 0 Å². The molecule has 1 aliphatic heterocycles. The van der Waals surface area contributed by atoms with Crippen LogP contribution in [0.2, 0.25) is 0 Å². The van der Waals surface area contributed by atoms with E-state index < -0.39 is 30.4 Å². The molecule has 0 radical (unpaired) electrons. The Labute approximate surface area is 131 Å². The second-order valence-electron chi connectivity index (χ2n) is 5.86. The minimum Gasteiger partial charge on any atom is -0.454 e. The second kappa shape index (κ2) is 5.83. The van der Waals surface area contributed by atoms with E-state index in [0.717, 1.165) is 0 Å². The Hall–Kier alpha value is -1.54. The van der Waals surface area contributed by atoms with Crippen molar-refractivity contribution in [2.45, 2.75) is 31.7 Å². The van der Waals surface area contributed by atoms with Gasteiger partial charge >= 0.3 is 6.18 Å². The number of fused-ring (bicyclic) bond motifs is 1. The number of hydrogen-bond acceptors (Lipinski definition) is 5. The second-order valence-corrected chi connectivity index (χ2v) is 5.86. The molecule has 2 aliphatic carbocycles. The highest BCUT2D eigenvalue weighted by Crippen LogP contribution is 2.51. The zero-order valence-corrected chi connectivity index (χ0v) is 12.5. The highest BCUT2D eigenvalue weighted by Gasteiger charge is 2.53. The Bertz CT molecular complexity index is 554. The molecule has 1 unspecified atom stereocenters. The number of ether oxygens (including phenoxy) is 4. The highest BCUT2D eigenvalue weighted by atomic mass is 19.4. The molecule has 5 nitrogen and oxygen atoms in total. The van der Waals surface area contributed by atoms with Crippen LogP contribution in [0.4, 0.5) is 13.2 Å². The highest BCUT2D eigenvalue weighted by molar-refractivity contribution is 5.99. The van der Waals surface area contributed by atoms with E-state index in [1.165, 1.54) is 13.2 Å². The summed E-state index contributed by atoms with van der Waals surface area (Å²) in [5.74, 6) is 0.123. The average molecular weight is 334 g/mol. The van der Waals surface area contributed by atoms with Gasteiger partial charge in [-0.3, -0.25) is 4.79 Å². The quantitative estimate of drug-likeness (QED) is 0.740. The molecular formula is C15H17F3O5. The van der Waals surface area contributed by atoms with Crippen molar-refractivity contribution in [2.24, 2.45) is 11.3 Å². The summed E-state index contributed by atoms with van der Waals surface area (Å²) < 4.78 is 57.8. The molecule has 0 aromatic heterocycles. The van der Waals surface area contributed by atoms with Gasteiger partial charge in [0.25, 0.3) is 0 Å². The number of hydrogen-bond donors (Lipinski definition) is 0. The molecule has 23 heavy (non-hydrogen) atoms. The molecule has 3 aliphatic rings. The van der Waals surface area contributed by atoms with Crippen LogP contribution in [0, 0.1) is 11.3 Å². The number of carbonyl (C=O) groups is 1. The lowest BCUT2D eigenvalue weighted by Crippen LogP contribution is -2.43. The van der Waals surface area contributed by atoms with Crippen molar-refractivity contribution in [3.05, 3.63) is 23.7 Å². The van der Waals surface area contributed by atoms with E-state index in [4.69, 9.17) is 18.9 Å².